The molecule has 1 aliphatic heterocycles. The molecule has 1 saturated carbocycles. The normalized spacial score (nSPS) is 30.1. The molecule has 5 rings (SSSR count). The van der Waals surface area contributed by atoms with Crippen LogP contribution < -0.4 is 0 Å². The minimum absolute atomic E-state index is 0.128. The monoisotopic (exact) mass is 392 g/mol. The Morgan fingerprint density at radius 3 is 2.45 bits per heavy atom. The Bertz CT molecular complexity index is 930. The molecular weight excluding hydrogens is 360 g/mol. The Hall–Kier alpha value is -1.91. The van der Waals surface area contributed by atoms with Crippen molar-refractivity contribution in [2.45, 2.75) is 84.2 Å². The fourth-order valence-corrected chi connectivity index (χ4v) is 5.65. The number of nitrogens with zero attached hydrogens (tertiary/aromatic N) is 2. The summed E-state index contributed by atoms with van der Waals surface area (Å²) in [5, 5.41) is 4.75. The molecular formula is C25H32N2O2. The van der Waals surface area contributed by atoms with E-state index in [0.717, 1.165) is 44.2 Å². The zero-order valence-electron chi connectivity index (χ0n) is 18.1. The molecule has 0 radical (unpaired) electrons. The van der Waals surface area contributed by atoms with Gasteiger partial charge in [0.1, 0.15) is 0 Å². The maximum Gasteiger partial charge on any atom is 0.178 e. The van der Waals surface area contributed by atoms with Gasteiger partial charge in [-0.2, -0.15) is 5.10 Å². The molecule has 1 aromatic carbocycles. The third-order valence-corrected chi connectivity index (χ3v) is 7.42. The number of hydrogen-bond acceptors (Lipinski definition) is 3. The predicted molar refractivity (Wildman–Crippen MR) is 115 cm³/mol. The number of rotatable bonds is 3. The highest BCUT2D eigenvalue weighted by Crippen LogP contribution is 2.58. The highest BCUT2D eigenvalue weighted by Gasteiger charge is 2.61. The van der Waals surface area contributed by atoms with E-state index in [2.05, 4.69) is 62.7 Å². The van der Waals surface area contributed by atoms with E-state index in [4.69, 9.17) is 14.6 Å². The topological polar surface area (TPSA) is 36.3 Å². The first-order chi connectivity index (χ1) is 14.0. The first kappa shape index (κ1) is 19.1. The van der Waals surface area contributed by atoms with Crippen LogP contribution in [0.4, 0.5) is 0 Å². The van der Waals surface area contributed by atoms with Crippen LogP contribution >= 0.6 is 0 Å². The maximum absolute atomic E-state index is 6.74. The van der Waals surface area contributed by atoms with Gasteiger partial charge < -0.3 is 9.47 Å². The summed E-state index contributed by atoms with van der Waals surface area (Å²) in [5.41, 5.74) is 6.22. The molecule has 2 aliphatic carbocycles. The lowest BCUT2D eigenvalue weighted by molar-refractivity contribution is -0.248. The van der Waals surface area contributed by atoms with Gasteiger partial charge in [-0.1, -0.05) is 44.0 Å². The van der Waals surface area contributed by atoms with Gasteiger partial charge >= 0.3 is 0 Å². The van der Waals surface area contributed by atoms with Crippen molar-refractivity contribution in [1.29, 1.82) is 0 Å². The van der Waals surface area contributed by atoms with Crippen LogP contribution in [0.3, 0.4) is 0 Å². The summed E-state index contributed by atoms with van der Waals surface area (Å²) in [4.78, 5) is 0. The van der Waals surface area contributed by atoms with Gasteiger partial charge in [0.25, 0.3) is 0 Å². The lowest BCUT2D eigenvalue weighted by Gasteiger charge is -2.51. The average molecular weight is 393 g/mol. The van der Waals surface area contributed by atoms with Gasteiger partial charge in [-0.15, -0.1) is 0 Å². The smallest absolute Gasteiger partial charge is 0.178 e. The molecule has 0 amide bonds. The molecule has 29 heavy (non-hydrogen) atoms. The molecule has 0 bridgehead atoms. The van der Waals surface area contributed by atoms with Crippen LogP contribution in [-0.4, -0.2) is 27.8 Å². The second kappa shape index (κ2) is 6.82. The first-order valence-corrected chi connectivity index (χ1v) is 11.2. The Morgan fingerprint density at radius 1 is 1.10 bits per heavy atom. The van der Waals surface area contributed by atoms with Crippen molar-refractivity contribution >= 4 is 6.08 Å². The molecule has 4 heteroatoms. The molecule has 0 unspecified atom stereocenters. The molecule has 4 nitrogen and oxygen atoms in total. The third kappa shape index (κ3) is 2.76. The molecule has 2 aromatic rings. The zero-order valence-corrected chi connectivity index (χ0v) is 18.1. The van der Waals surface area contributed by atoms with Crippen molar-refractivity contribution < 1.29 is 9.47 Å². The zero-order chi connectivity index (χ0) is 20.2. The van der Waals surface area contributed by atoms with Crippen molar-refractivity contribution in [3.8, 4) is 5.69 Å². The Balaban J connectivity index is 1.55. The SMILES string of the molecule is CC[C@H]1OC2(CCCC3=Cc4c(cnn4-c4ccc(C)cc4)C[C@@]32C)O[C@@H]1CC. The van der Waals surface area contributed by atoms with E-state index in [1.807, 2.05) is 6.20 Å². The van der Waals surface area contributed by atoms with E-state index in [1.165, 1.54) is 22.4 Å². The van der Waals surface area contributed by atoms with Gasteiger partial charge in [0.15, 0.2) is 5.79 Å². The van der Waals surface area contributed by atoms with Crippen molar-refractivity contribution in [2.24, 2.45) is 5.41 Å². The van der Waals surface area contributed by atoms with E-state index in [-0.39, 0.29) is 17.6 Å². The van der Waals surface area contributed by atoms with Gasteiger partial charge in [0.2, 0.25) is 0 Å². The minimum Gasteiger partial charge on any atom is -0.343 e. The number of hydrogen-bond donors (Lipinski definition) is 0. The number of ether oxygens (including phenoxy) is 2. The minimum atomic E-state index is -0.498. The summed E-state index contributed by atoms with van der Waals surface area (Å²) >= 11 is 0. The fraction of sp³-hybridized carbons (Fsp3) is 0.560. The highest BCUT2D eigenvalue weighted by atomic mass is 16.8. The summed E-state index contributed by atoms with van der Waals surface area (Å²) in [6, 6.07) is 8.60. The molecule has 2 fully saturated rings. The molecule has 1 spiro atoms. The van der Waals surface area contributed by atoms with Crippen LogP contribution in [0.15, 0.2) is 36.0 Å². The molecule has 3 aliphatic rings. The molecule has 2 heterocycles. The Labute approximate surface area is 173 Å². The fourth-order valence-electron chi connectivity index (χ4n) is 5.65. The van der Waals surface area contributed by atoms with Crippen LogP contribution in [0.1, 0.15) is 69.7 Å². The van der Waals surface area contributed by atoms with Crippen molar-refractivity contribution in [3.63, 3.8) is 0 Å². The first-order valence-electron chi connectivity index (χ1n) is 11.2. The van der Waals surface area contributed by atoms with Gasteiger partial charge in [-0.25, -0.2) is 4.68 Å². The van der Waals surface area contributed by atoms with Crippen molar-refractivity contribution in [1.82, 2.24) is 9.78 Å². The Kier molecular flexibility index (Phi) is 4.48. The van der Waals surface area contributed by atoms with Crippen LogP contribution in [0, 0.1) is 12.3 Å². The summed E-state index contributed by atoms with van der Waals surface area (Å²) in [6.45, 7) is 8.89. The third-order valence-electron chi connectivity index (χ3n) is 7.42. The molecule has 0 N–H and O–H groups in total. The van der Waals surface area contributed by atoms with Crippen LogP contribution in [0.5, 0.6) is 0 Å². The summed E-state index contributed by atoms with van der Waals surface area (Å²) in [7, 11) is 0. The summed E-state index contributed by atoms with van der Waals surface area (Å²) in [6.07, 6.45) is 11.0. The largest absolute Gasteiger partial charge is 0.343 e. The summed E-state index contributed by atoms with van der Waals surface area (Å²) < 4.78 is 15.6. The second-order valence-electron chi connectivity index (χ2n) is 9.22. The van der Waals surface area contributed by atoms with E-state index >= 15 is 0 Å². The van der Waals surface area contributed by atoms with Crippen LogP contribution in [-0.2, 0) is 15.9 Å². The maximum atomic E-state index is 6.74. The van der Waals surface area contributed by atoms with E-state index in [1.54, 1.807) is 0 Å². The van der Waals surface area contributed by atoms with E-state index in [9.17, 15) is 0 Å². The predicted octanol–water partition coefficient (Wildman–Crippen LogP) is 5.61. The van der Waals surface area contributed by atoms with E-state index < -0.39 is 5.79 Å². The molecule has 154 valence electrons. The number of aryl methyl sites for hydroxylation is 1. The van der Waals surface area contributed by atoms with Gasteiger partial charge in [-0.05, 0) is 62.8 Å². The van der Waals surface area contributed by atoms with Gasteiger partial charge in [0.05, 0.1) is 29.8 Å². The average Bonchev–Trinajstić information content (AvgIpc) is 3.29. The standard InChI is InChI=1S/C25H32N2O2/c1-5-22-23(6-2)29-25(28-22)13-7-8-19-14-21-18(15-24(19,25)4)16-26-27(21)20-11-9-17(3)10-12-20/h9-12,14,16,22-23H,5-8,13,15H2,1-4H3/t22-,23-,24+/m1/s1. The Morgan fingerprint density at radius 2 is 1.79 bits per heavy atom. The number of fused-ring (bicyclic) bond motifs is 3. The summed E-state index contributed by atoms with van der Waals surface area (Å²) in [5.74, 6) is -0.498. The van der Waals surface area contributed by atoms with E-state index in [0.29, 0.717) is 0 Å². The van der Waals surface area contributed by atoms with Crippen LogP contribution in [0.2, 0.25) is 0 Å². The quantitative estimate of drug-likeness (QED) is 0.681. The van der Waals surface area contributed by atoms with Gasteiger partial charge in [-0.3, -0.25) is 0 Å². The lowest BCUT2D eigenvalue weighted by Crippen LogP contribution is -2.53. The highest BCUT2D eigenvalue weighted by molar-refractivity contribution is 5.62. The van der Waals surface area contributed by atoms with Crippen molar-refractivity contribution in [2.75, 3.05) is 0 Å². The number of aromatic nitrogens is 2. The van der Waals surface area contributed by atoms with Crippen LogP contribution in [0.25, 0.3) is 11.8 Å². The molecule has 1 saturated heterocycles. The van der Waals surface area contributed by atoms with Crippen molar-refractivity contribution in [3.05, 3.63) is 52.9 Å². The second-order valence-corrected chi connectivity index (χ2v) is 9.22. The lowest BCUT2D eigenvalue weighted by atomic mass is 9.62. The molecule has 1 aromatic heterocycles. The molecule has 3 atom stereocenters. The number of benzene rings is 1. The van der Waals surface area contributed by atoms with Gasteiger partial charge in [0, 0.05) is 11.8 Å².